The smallest absolute Gasteiger partial charge is 0.171 e. The number of hydrogen-bond donors (Lipinski definition) is 2. The van der Waals surface area contributed by atoms with Gasteiger partial charge in [0.1, 0.15) is 0 Å². The number of rotatable bonds is 4. The van der Waals surface area contributed by atoms with Crippen LogP contribution in [0.5, 0.6) is 0 Å². The highest BCUT2D eigenvalue weighted by molar-refractivity contribution is 7.80. The van der Waals surface area contributed by atoms with E-state index in [0.717, 1.165) is 5.69 Å². The van der Waals surface area contributed by atoms with Gasteiger partial charge in [-0.2, -0.15) is 0 Å². The van der Waals surface area contributed by atoms with Crippen LogP contribution in [-0.2, 0) is 6.54 Å². The van der Waals surface area contributed by atoms with Crippen LogP contribution >= 0.6 is 23.8 Å². The van der Waals surface area contributed by atoms with Crippen LogP contribution in [0.2, 0.25) is 5.02 Å². The molecule has 1 aliphatic heterocycles. The third-order valence-corrected chi connectivity index (χ3v) is 4.67. The Labute approximate surface area is 154 Å². The maximum Gasteiger partial charge on any atom is 0.171 e. The fraction of sp³-hybridized carbons (Fsp3) is 0.316. The molecule has 1 aliphatic rings. The minimum Gasteiger partial charge on any atom is -0.372 e. The Bertz CT molecular complexity index is 681. The summed E-state index contributed by atoms with van der Waals surface area (Å²) in [6.45, 7) is 3.04. The van der Waals surface area contributed by atoms with Crippen molar-refractivity contribution in [3.8, 4) is 0 Å². The van der Waals surface area contributed by atoms with Gasteiger partial charge in [-0.05, 0) is 67.4 Å². The van der Waals surface area contributed by atoms with Gasteiger partial charge in [-0.1, -0.05) is 29.8 Å². The van der Waals surface area contributed by atoms with Crippen LogP contribution in [0.25, 0.3) is 0 Å². The Morgan fingerprint density at radius 2 is 1.79 bits per heavy atom. The van der Waals surface area contributed by atoms with Gasteiger partial charge in [0.2, 0.25) is 0 Å². The molecule has 0 aromatic heterocycles. The maximum absolute atomic E-state index is 5.97. The summed E-state index contributed by atoms with van der Waals surface area (Å²) in [5.41, 5.74) is 3.42. The van der Waals surface area contributed by atoms with Crippen molar-refractivity contribution >= 4 is 40.3 Å². The minimum atomic E-state index is 0.595. The quantitative estimate of drug-likeness (QED) is 0.765. The highest BCUT2D eigenvalue weighted by Crippen LogP contribution is 2.20. The van der Waals surface area contributed by atoms with Gasteiger partial charge in [0.25, 0.3) is 0 Å². The van der Waals surface area contributed by atoms with E-state index in [-0.39, 0.29) is 0 Å². The molecule has 5 heteroatoms. The molecule has 126 valence electrons. The lowest BCUT2D eigenvalue weighted by Crippen LogP contribution is -2.29. The summed E-state index contributed by atoms with van der Waals surface area (Å²) in [6, 6.07) is 16.3. The zero-order valence-corrected chi connectivity index (χ0v) is 15.2. The van der Waals surface area contributed by atoms with E-state index in [9.17, 15) is 0 Å². The number of hydrogen-bond acceptors (Lipinski definition) is 2. The first-order chi connectivity index (χ1) is 11.7. The highest BCUT2D eigenvalue weighted by Gasteiger charge is 2.10. The molecule has 1 heterocycles. The third kappa shape index (κ3) is 4.86. The number of nitrogens with zero attached hydrogens (tertiary/aromatic N) is 1. The minimum absolute atomic E-state index is 0.595. The Morgan fingerprint density at radius 3 is 2.50 bits per heavy atom. The molecule has 0 spiro atoms. The lowest BCUT2D eigenvalue weighted by molar-refractivity contribution is 0.578. The normalized spacial score (nSPS) is 14.3. The Balaban J connectivity index is 1.50. The molecule has 0 amide bonds. The summed E-state index contributed by atoms with van der Waals surface area (Å²) in [4.78, 5) is 2.46. The second kappa shape index (κ2) is 8.36. The molecule has 0 bridgehead atoms. The Morgan fingerprint density at radius 1 is 1.04 bits per heavy atom. The van der Waals surface area contributed by atoms with Crippen molar-refractivity contribution in [2.75, 3.05) is 23.3 Å². The van der Waals surface area contributed by atoms with Gasteiger partial charge >= 0.3 is 0 Å². The molecule has 0 atom stereocenters. The number of benzene rings is 2. The topological polar surface area (TPSA) is 27.3 Å². The summed E-state index contributed by atoms with van der Waals surface area (Å²) in [5.74, 6) is 0. The zero-order valence-electron chi connectivity index (χ0n) is 13.6. The summed E-state index contributed by atoms with van der Waals surface area (Å²) < 4.78 is 0. The number of thiocarbonyl (C=S) groups is 1. The van der Waals surface area contributed by atoms with Gasteiger partial charge in [0.15, 0.2) is 5.11 Å². The van der Waals surface area contributed by atoms with Crippen molar-refractivity contribution in [1.82, 2.24) is 5.32 Å². The van der Waals surface area contributed by atoms with Crippen LogP contribution in [0, 0.1) is 0 Å². The molecule has 1 saturated heterocycles. The van der Waals surface area contributed by atoms with Crippen LogP contribution in [0.1, 0.15) is 24.8 Å². The maximum atomic E-state index is 5.97. The molecule has 0 radical (unpaired) electrons. The summed E-state index contributed by atoms with van der Waals surface area (Å²) in [7, 11) is 0. The average molecular weight is 360 g/mol. The predicted molar refractivity (Wildman–Crippen MR) is 107 cm³/mol. The van der Waals surface area contributed by atoms with Crippen molar-refractivity contribution in [2.45, 2.75) is 25.8 Å². The van der Waals surface area contributed by atoms with E-state index >= 15 is 0 Å². The molecule has 2 aromatic rings. The summed E-state index contributed by atoms with van der Waals surface area (Å²) in [5, 5.41) is 7.66. The monoisotopic (exact) mass is 359 g/mol. The second-order valence-corrected chi connectivity index (χ2v) is 6.88. The van der Waals surface area contributed by atoms with Crippen molar-refractivity contribution in [1.29, 1.82) is 0 Å². The third-order valence-electron chi connectivity index (χ3n) is 4.19. The van der Waals surface area contributed by atoms with Crippen molar-refractivity contribution < 1.29 is 0 Å². The second-order valence-electron chi connectivity index (χ2n) is 6.03. The van der Waals surface area contributed by atoms with Gasteiger partial charge < -0.3 is 15.5 Å². The van der Waals surface area contributed by atoms with Crippen molar-refractivity contribution in [2.24, 2.45) is 0 Å². The van der Waals surface area contributed by atoms with E-state index in [4.69, 9.17) is 23.8 Å². The number of anilines is 2. The molecule has 0 unspecified atom stereocenters. The van der Waals surface area contributed by atoms with E-state index < -0.39 is 0 Å². The Hall–Kier alpha value is -1.78. The molecule has 0 aliphatic carbocycles. The molecule has 3 nitrogen and oxygen atoms in total. The number of piperidine rings is 1. The van der Waals surface area contributed by atoms with Gasteiger partial charge in [-0.15, -0.1) is 0 Å². The molecular formula is C19H22ClN3S. The predicted octanol–water partition coefficient (Wildman–Crippen LogP) is 4.82. The molecule has 1 fully saturated rings. The molecular weight excluding hydrogens is 338 g/mol. The van der Waals surface area contributed by atoms with E-state index in [2.05, 4.69) is 39.8 Å². The SMILES string of the molecule is S=C(NCc1ccc(N2CCCCC2)cc1)Nc1cccc(Cl)c1. The average Bonchev–Trinajstić information content (AvgIpc) is 2.61. The molecule has 0 saturated carbocycles. The first kappa shape index (κ1) is 17.1. The van der Waals surface area contributed by atoms with E-state index in [1.807, 2.05) is 24.3 Å². The fourth-order valence-electron chi connectivity index (χ4n) is 2.90. The Kier molecular flexibility index (Phi) is 5.94. The van der Waals surface area contributed by atoms with Crippen molar-refractivity contribution in [3.63, 3.8) is 0 Å². The van der Waals surface area contributed by atoms with Gasteiger partial charge in [0.05, 0.1) is 0 Å². The van der Waals surface area contributed by atoms with Crippen LogP contribution in [0.15, 0.2) is 48.5 Å². The van der Waals surface area contributed by atoms with Gasteiger partial charge in [0, 0.05) is 36.0 Å². The van der Waals surface area contributed by atoms with Crippen LogP contribution < -0.4 is 15.5 Å². The number of halogens is 1. The standard InChI is InChI=1S/C19H22ClN3S/c20-16-5-4-6-17(13-16)22-19(24)21-14-15-7-9-18(10-8-15)23-11-2-1-3-12-23/h4-10,13H,1-3,11-12,14H2,(H2,21,22,24). The molecule has 3 rings (SSSR count). The van der Waals surface area contributed by atoms with Crippen molar-refractivity contribution in [3.05, 3.63) is 59.1 Å². The molecule has 24 heavy (non-hydrogen) atoms. The lowest BCUT2D eigenvalue weighted by Gasteiger charge is -2.28. The van der Waals surface area contributed by atoms with E-state index in [1.54, 1.807) is 0 Å². The van der Waals surface area contributed by atoms with Crippen LogP contribution in [0.3, 0.4) is 0 Å². The van der Waals surface area contributed by atoms with E-state index in [1.165, 1.54) is 43.6 Å². The lowest BCUT2D eigenvalue weighted by atomic mass is 10.1. The molecule has 2 aromatic carbocycles. The molecule has 2 N–H and O–H groups in total. The first-order valence-electron chi connectivity index (χ1n) is 8.35. The van der Waals surface area contributed by atoms with E-state index in [0.29, 0.717) is 16.7 Å². The number of nitrogens with one attached hydrogen (secondary N) is 2. The van der Waals surface area contributed by atoms with Gasteiger partial charge in [-0.3, -0.25) is 0 Å². The van der Waals surface area contributed by atoms with Gasteiger partial charge in [-0.25, -0.2) is 0 Å². The fourth-order valence-corrected chi connectivity index (χ4v) is 3.28. The summed E-state index contributed by atoms with van der Waals surface area (Å²) in [6.07, 6.45) is 3.95. The van der Waals surface area contributed by atoms with Crippen LogP contribution in [0.4, 0.5) is 11.4 Å². The highest BCUT2D eigenvalue weighted by atomic mass is 35.5. The largest absolute Gasteiger partial charge is 0.372 e. The summed E-state index contributed by atoms with van der Waals surface area (Å²) >= 11 is 11.3. The first-order valence-corrected chi connectivity index (χ1v) is 9.14. The van der Waals surface area contributed by atoms with Crippen LogP contribution in [-0.4, -0.2) is 18.2 Å². The zero-order chi connectivity index (χ0) is 16.8.